The third-order valence-electron chi connectivity index (χ3n) is 3.63. The molecule has 0 aliphatic rings. The molecule has 1 amide bonds. The summed E-state index contributed by atoms with van der Waals surface area (Å²) in [5.74, 6) is -0.586. The molecule has 2 aromatic rings. The predicted octanol–water partition coefficient (Wildman–Crippen LogP) is 2.77. The van der Waals surface area contributed by atoms with Crippen molar-refractivity contribution in [1.82, 2.24) is 5.32 Å². The number of carbonyl (C=O) groups excluding carboxylic acids is 2. The molecule has 0 saturated heterocycles. The first-order valence-electron chi connectivity index (χ1n) is 7.92. The molecule has 2 aromatic carbocycles. The van der Waals surface area contributed by atoms with E-state index in [1.54, 1.807) is 7.11 Å². The van der Waals surface area contributed by atoms with E-state index in [0.717, 1.165) is 23.4 Å². The zero-order valence-electron chi connectivity index (χ0n) is 14.4. The van der Waals surface area contributed by atoms with Gasteiger partial charge < -0.3 is 14.8 Å². The first kappa shape index (κ1) is 20.2. The van der Waals surface area contributed by atoms with E-state index >= 15 is 0 Å². The van der Waals surface area contributed by atoms with Gasteiger partial charge in [0.2, 0.25) is 0 Å². The lowest BCUT2D eigenvalue weighted by Gasteiger charge is -2.09. The summed E-state index contributed by atoms with van der Waals surface area (Å²) in [5.41, 5.74) is 0.643. The van der Waals surface area contributed by atoms with Crippen molar-refractivity contribution in [2.75, 3.05) is 20.3 Å². The van der Waals surface area contributed by atoms with Crippen LogP contribution >= 0.6 is 11.6 Å². The Labute approximate surface area is 160 Å². The minimum atomic E-state index is -0.838. The molecule has 0 aliphatic heterocycles. The normalized spacial score (nSPS) is 10.1. The molecule has 0 radical (unpaired) electrons. The number of nitrogens with one attached hydrogen (secondary N) is 1. The Morgan fingerprint density at radius 1 is 1.22 bits per heavy atom. The number of halogens is 1. The van der Waals surface area contributed by atoms with Crippen LogP contribution in [0, 0.1) is 10.1 Å². The number of esters is 1. The molecule has 27 heavy (non-hydrogen) atoms. The molecule has 0 heterocycles. The first-order chi connectivity index (χ1) is 12.9. The molecule has 0 saturated carbocycles. The number of para-hydroxylation sites is 1. The molecular weight excluding hydrogens is 376 g/mol. The van der Waals surface area contributed by atoms with Crippen LogP contribution in [-0.4, -0.2) is 37.1 Å². The van der Waals surface area contributed by atoms with Crippen molar-refractivity contribution in [3.05, 3.63) is 68.7 Å². The van der Waals surface area contributed by atoms with Crippen LogP contribution in [0.2, 0.25) is 5.02 Å². The number of hydrogen-bond donors (Lipinski definition) is 1. The second kappa shape index (κ2) is 9.54. The maximum atomic E-state index is 12.0. The molecule has 2 rings (SSSR count). The van der Waals surface area contributed by atoms with Gasteiger partial charge in [-0.25, -0.2) is 4.79 Å². The summed E-state index contributed by atoms with van der Waals surface area (Å²) in [4.78, 5) is 33.8. The van der Waals surface area contributed by atoms with Crippen molar-refractivity contribution >= 4 is 29.2 Å². The van der Waals surface area contributed by atoms with Gasteiger partial charge in [-0.15, -0.1) is 0 Å². The number of amides is 1. The average molecular weight is 393 g/mol. The quantitative estimate of drug-likeness (QED) is 0.420. The molecule has 0 bridgehead atoms. The molecule has 1 N–H and O–H groups in total. The predicted molar refractivity (Wildman–Crippen MR) is 98.1 cm³/mol. The standard InChI is InChI=1S/C18H17ClN2O6/c1-26-16-5-3-2-4-12(16)8-9-20-17(22)11-27-18(23)14-7-6-13(21(24)25)10-15(14)19/h2-7,10H,8-9,11H2,1H3,(H,20,22). The summed E-state index contributed by atoms with van der Waals surface area (Å²) in [6, 6.07) is 10.8. The van der Waals surface area contributed by atoms with Crippen molar-refractivity contribution in [3.63, 3.8) is 0 Å². The van der Waals surface area contributed by atoms with Crippen LogP contribution in [0.5, 0.6) is 5.75 Å². The molecule has 9 heteroatoms. The third-order valence-corrected chi connectivity index (χ3v) is 3.94. The van der Waals surface area contributed by atoms with E-state index in [0.29, 0.717) is 13.0 Å². The van der Waals surface area contributed by atoms with E-state index in [4.69, 9.17) is 21.1 Å². The highest BCUT2D eigenvalue weighted by atomic mass is 35.5. The fourth-order valence-electron chi connectivity index (χ4n) is 2.29. The minimum Gasteiger partial charge on any atom is -0.496 e. The summed E-state index contributed by atoms with van der Waals surface area (Å²) in [6.45, 7) is -0.146. The molecule has 0 atom stereocenters. The van der Waals surface area contributed by atoms with Crippen LogP contribution in [0.3, 0.4) is 0 Å². The van der Waals surface area contributed by atoms with Gasteiger partial charge in [0.05, 0.1) is 22.6 Å². The van der Waals surface area contributed by atoms with Crippen LogP contribution in [0.15, 0.2) is 42.5 Å². The van der Waals surface area contributed by atoms with Crippen LogP contribution in [-0.2, 0) is 16.0 Å². The molecule has 0 fully saturated rings. The van der Waals surface area contributed by atoms with Crippen molar-refractivity contribution in [2.45, 2.75) is 6.42 Å². The third kappa shape index (κ3) is 5.68. The number of rotatable bonds is 8. The van der Waals surface area contributed by atoms with Crippen molar-refractivity contribution in [2.24, 2.45) is 0 Å². The van der Waals surface area contributed by atoms with Gasteiger partial charge >= 0.3 is 5.97 Å². The maximum Gasteiger partial charge on any atom is 0.340 e. The molecule has 142 valence electrons. The lowest BCUT2D eigenvalue weighted by atomic mass is 10.1. The smallest absolute Gasteiger partial charge is 0.340 e. The molecular formula is C18H17ClN2O6. The topological polar surface area (TPSA) is 108 Å². The van der Waals surface area contributed by atoms with E-state index < -0.39 is 23.4 Å². The second-order valence-corrected chi connectivity index (χ2v) is 5.82. The Morgan fingerprint density at radius 2 is 1.96 bits per heavy atom. The summed E-state index contributed by atoms with van der Waals surface area (Å²) >= 11 is 5.85. The Balaban J connectivity index is 1.81. The Kier molecular flexibility index (Phi) is 7.13. The highest BCUT2D eigenvalue weighted by molar-refractivity contribution is 6.33. The van der Waals surface area contributed by atoms with Gasteiger partial charge in [-0.05, 0) is 24.1 Å². The summed E-state index contributed by atoms with van der Waals surface area (Å²) in [5, 5.41) is 13.2. The zero-order chi connectivity index (χ0) is 19.8. The number of hydrogen-bond acceptors (Lipinski definition) is 6. The van der Waals surface area contributed by atoms with Crippen LogP contribution in [0.4, 0.5) is 5.69 Å². The Hall–Kier alpha value is -3.13. The van der Waals surface area contributed by atoms with E-state index in [1.807, 2.05) is 24.3 Å². The number of nitro benzene ring substituents is 1. The number of nitro groups is 1. The number of non-ortho nitro benzene ring substituents is 1. The molecule has 0 spiro atoms. The van der Waals surface area contributed by atoms with E-state index in [2.05, 4.69) is 5.32 Å². The number of methoxy groups -OCH3 is 1. The van der Waals surface area contributed by atoms with Crippen molar-refractivity contribution in [3.8, 4) is 5.75 Å². The van der Waals surface area contributed by atoms with Gasteiger partial charge in [0, 0.05) is 18.7 Å². The van der Waals surface area contributed by atoms with Crippen molar-refractivity contribution in [1.29, 1.82) is 0 Å². The summed E-state index contributed by atoms with van der Waals surface area (Å²) < 4.78 is 10.1. The average Bonchev–Trinajstić information content (AvgIpc) is 2.66. The highest BCUT2D eigenvalue weighted by Gasteiger charge is 2.17. The largest absolute Gasteiger partial charge is 0.496 e. The number of ether oxygens (including phenoxy) is 2. The monoisotopic (exact) mass is 392 g/mol. The second-order valence-electron chi connectivity index (χ2n) is 5.41. The fraction of sp³-hybridized carbons (Fsp3) is 0.222. The Bertz CT molecular complexity index is 855. The summed E-state index contributed by atoms with van der Waals surface area (Å²) in [6.07, 6.45) is 0.553. The summed E-state index contributed by atoms with van der Waals surface area (Å²) in [7, 11) is 1.57. The van der Waals surface area contributed by atoms with E-state index in [1.165, 1.54) is 6.07 Å². The lowest BCUT2D eigenvalue weighted by molar-refractivity contribution is -0.384. The molecule has 0 unspecified atom stereocenters. The number of nitrogens with zero attached hydrogens (tertiary/aromatic N) is 1. The van der Waals surface area contributed by atoms with Gasteiger partial charge in [-0.3, -0.25) is 14.9 Å². The highest BCUT2D eigenvalue weighted by Crippen LogP contribution is 2.23. The van der Waals surface area contributed by atoms with Gasteiger partial charge in [0.15, 0.2) is 6.61 Å². The van der Waals surface area contributed by atoms with Crippen LogP contribution < -0.4 is 10.1 Å². The zero-order valence-corrected chi connectivity index (χ0v) is 15.2. The number of benzene rings is 2. The molecule has 0 aliphatic carbocycles. The lowest BCUT2D eigenvalue weighted by Crippen LogP contribution is -2.30. The van der Waals surface area contributed by atoms with Gasteiger partial charge in [-0.1, -0.05) is 29.8 Å². The van der Waals surface area contributed by atoms with Crippen molar-refractivity contribution < 1.29 is 24.0 Å². The molecule has 8 nitrogen and oxygen atoms in total. The maximum absolute atomic E-state index is 12.0. The number of carbonyl (C=O) groups is 2. The fourth-order valence-corrected chi connectivity index (χ4v) is 2.54. The van der Waals surface area contributed by atoms with E-state index in [-0.39, 0.29) is 16.3 Å². The van der Waals surface area contributed by atoms with E-state index in [9.17, 15) is 19.7 Å². The van der Waals surface area contributed by atoms with Crippen LogP contribution in [0.1, 0.15) is 15.9 Å². The van der Waals surface area contributed by atoms with Crippen LogP contribution in [0.25, 0.3) is 0 Å². The van der Waals surface area contributed by atoms with Gasteiger partial charge in [0.1, 0.15) is 5.75 Å². The van der Waals surface area contributed by atoms with Gasteiger partial charge in [-0.2, -0.15) is 0 Å². The Morgan fingerprint density at radius 3 is 2.63 bits per heavy atom. The SMILES string of the molecule is COc1ccccc1CCNC(=O)COC(=O)c1ccc([N+](=O)[O-])cc1Cl. The molecule has 0 aromatic heterocycles. The first-order valence-corrected chi connectivity index (χ1v) is 8.30. The van der Waals surface area contributed by atoms with Gasteiger partial charge in [0.25, 0.3) is 11.6 Å². The minimum absolute atomic E-state index is 0.0518.